The van der Waals surface area contributed by atoms with E-state index in [-0.39, 0.29) is 11.8 Å². The molecule has 0 N–H and O–H groups in total. The second kappa shape index (κ2) is 9.35. The van der Waals surface area contributed by atoms with Gasteiger partial charge in [-0.3, -0.25) is 9.59 Å². The molecule has 0 spiro atoms. The summed E-state index contributed by atoms with van der Waals surface area (Å²) in [6.07, 6.45) is 2.15. The number of carbonyl (C=O) groups is 2. The van der Waals surface area contributed by atoms with Crippen LogP contribution in [0.3, 0.4) is 0 Å². The SMILES string of the molecule is CC(=O)N(CCC(=O)N1CCN(c2ccccn2)CC1)Cc1ccccc1C. The Morgan fingerprint density at radius 1 is 1.04 bits per heavy atom. The molecule has 0 aliphatic carbocycles. The maximum absolute atomic E-state index is 12.6. The summed E-state index contributed by atoms with van der Waals surface area (Å²) in [6, 6.07) is 13.9. The van der Waals surface area contributed by atoms with Crippen LogP contribution in [0.15, 0.2) is 48.7 Å². The van der Waals surface area contributed by atoms with Gasteiger partial charge in [-0.25, -0.2) is 4.98 Å². The third-order valence-corrected chi connectivity index (χ3v) is 5.27. The standard InChI is InChI=1S/C22H28N4O2/c1-18-7-3-4-8-20(18)17-26(19(2)27)12-10-22(28)25-15-13-24(14-16-25)21-9-5-6-11-23-21/h3-9,11H,10,12-17H2,1-2H3. The lowest BCUT2D eigenvalue weighted by Crippen LogP contribution is -2.49. The summed E-state index contributed by atoms with van der Waals surface area (Å²) < 4.78 is 0. The van der Waals surface area contributed by atoms with Crippen LogP contribution in [-0.2, 0) is 16.1 Å². The highest BCUT2D eigenvalue weighted by Gasteiger charge is 2.22. The number of piperazine rings is 1. The van der Waals surface area contributed by atoms with Crippen LogP contribution < -0.4 is 4.90 Å². The van der Waals surface area contributed by atoms with E-state index in [4.69, 9.17) is 0 Å². The second-order valence-corrected chi connectivity index (χ2v) is 7.17. The van der Waals surface area contributed by atoms with E-state index < -0.39 is 0 Å². The van der Waals surface area contributed by atoms with Crippen LogP contribution in [0.2, 0.25) is 0 Å². The largest absolute Gasteiger partial charge is 0.353 e. The van der Waals surface area contributed by atoms with Crippen molar-refractivity contribution in [1.29, 1.82) is 0 Å². The van der Waals surface area contributed by atoms with Crippen LogP contribution in [0.1, 0.15) is 24.5 Å². The van der Waals surface area contributed by atoms with Crippen molar-refractivity contribution in [2.75, 3.05) is 37.6 Å². The first-order valence-corrected chi connectivity index (χ1v) is 9.78. The topological polar surface area (TPSA) is 56.8 Å². The van der Waals surface area contributed by atoms with Gasteiger partial charge in [0.25, 0.3) is 0 Å². The minimum absolute atomic E-state index is 0.00368. The molecule has 0 radical (unpaired) electrons. The molecule has 1 aromatic heterocycles. The highest BCUT2D eigenvalue weighted by atomic mass is 16.2. The molecular formula is C22H28N4O2. The first-order valence-electron chi connectivity index (χ1n) is 9.78. The lowest BCUT2D eigenvalue weighted by Gasteiger charge is -2.35. The Morgan fingerprint density at radius 3 is 2.39 bits per heavy atom. The summed E-state index contributed by atoms with van der Waals surface area (Å²) >= 11 is 0. The number of anilines is 1. The Kier molecular flexibility index (Phi) is 6.63. The number of aromatic nitrogens is 1. The molecule has 0 atom stereocenters. The number of aryl methyl sites for hydroxylation is 1. The van der Waals surface area contributed by atoms with E-state index in [1.165, 1.54) is 0 Å². The fraction of sp³-hybridized carbons (Fsp3) is 0.409. The lowest BCUT2D eigenvalue weighted by molar-refractivity contribution is -0.134. The summed E-state index contributed by atoms with van der Waals surface area (Å²) in [5.74, 6) is 1.06. The first kappa shape index (κ1) is 19.9. The zero-order valence-electron chi connectivity index (χ0n) is 16.7. The number of rotatable bonds is 6. The number of nitrogens with zero attached hydrogens (tertiary/aromatic N) is 4. The quantitative estimate of drug-likeness (QED) is 0.773. The predicted octanol–water partition coefficient (Wildman–Crippen LogP) is 2.48. The van der Waals surface area contributed by atoms with Gasteiger partial charge in [0.15, 0.2) is 0 Å². The Labute approximate surface area is 166 Å². The zero-order chi connectivity index (χ0) is 19.9. The number of carbonyl (C=O) groups excluding carboxylic acids is 2. The lowest BCUT2D eigenvalue weighted by atomic mass is 10.1. The van der Waals surface area contributed by atoms with E-state index in [0.29, 0.717) is 32.6 Å². The molecule has 2 amide bonds. The zero-order valence-corrected chi connectivity index (χ0v) is 16.7. The van der Waals surface area contributed by atoms with E-state index in [0.717, 1.165) is 30.0 Å². The summed E-state index contributed by atoms with van der Waals surface area (Å²) in [4.78, 5) is 34.9. The van der Waals surface area contributed by atoms with Crippen LogP contribution in [0.4, 0.5) is 5.82 Å². The number of pyridine rings is 1. The van der Waals surface area contributed by atoms with E-state index in [1.807, 2.05) is 54.3 Å². The third kappa shape index (κ3) is 5.09. The summed E-state index contributed by atoms with van der Waals surface area (Å²) in [6.45, 7) is 7.53. The Bertz CT molecular complexity index is 801. The average Bonchev–Trinajstić information content (AvgIpc) is 2.72. The highest BCUT2D eigenvalue weighted by molar-refractivity contribution is 5.78. The van der Waals surface area contributed by atoms with Crippen LogP contribution >= 0.6 is 0 Å². The Morgan fingerprint density at radius 2 is 1.75 bits per heavy atom. The normalized spacial score (nSPS) is 14.1. The van der Waals surface area contributed by atoms with E-state index in [2.05, 4.69) is 9.88 Å². The predicted molar refractivity (Wildman–Crippen MR) is 110 cm³/mol. The van der Waals surface area contributed by atoms with Crippen molar-refractivity contribution in [2.24, 2.45) is 0 Å². The molecule has 0 bridgehead atoms. The molecule has 1 aliphatic rings. The van der Waals surface area contributed by atoms with Gasteiger partial charge in [-0.05, 0) is 30.2 Å². The van der Waals surface area contributed by atoms with Crippen molar-refractivity contribution < 1.29 is 9.59 Å². The smallest absolute Gasteiger partial charge is 0.224 e. The fourth-order valence-corrected chi connectivity index (χ4v) is 3.46. The molecular weight excluding hydrogens is 352 g/mol. The van der Waals surface area contributed by atoms with Gasteiger partial charge in [0.05, 0.1) is 0 Å². The number of benzene rings is 1. The molecule has 2 aromatic rings. The van der Waals surface area contributed by atoms with Gasteiger partial charge < -0.3 is 14.7 Å². The minimum Gasteiger partial charge on any atom is -0.353 e. The molecule has 6 nitrogen and oxygen atoms in total. The molecule has 1 saturated heterocycles. The number of amides is 2. The van der Waals surface area contributed by atoms with E-state index >= 15 is 0 Å². The molecule has 148 valence electrons. The van der Waals surface area contributed by atoms with Crippen LogP contribution in [0.5, 0.6) is 0 Å². The summed E-state index contributed by atoms with van der Waals surface area (Å²) in [7, 11) is 0. The fourth-order valence-electron chi connectivity index (χ4n) is 3.46. The van der Waals surface area contributed by atoms with E-state index in [1.54, 1.807) is 18.0 Å². The van der Waals surface area contributed by atoms with Gasteiger partial charge in [-0.1, -0.05) is 30.3 Å². The second-order valence-electron chi connectivity index (χ2n) is 7.17. The van der Waals surface area contributed by atoms with Gasteiger partial charge in [0.2, 0.25) is 11.8 Å². The summed E-state index contributed by atoms with van der Waals surface area (Å²) in [5, 5.41) is 0. The van der Waals surface area contributed by atoms with Crippen molar-refractivity contribution in [1.82, 2.24) is 14.8 Å². The maximum atomic E-state index is 12.6. The monoisotopic (exact) mass is 380 g/mol. The van der Waals surface area contributed by atoms with Crippen LogP contribution in [-0.4, -0.2) is 59.3 Å². The maximum Gasteiger partial charge on any atom is 0.224 e. The first-order chi connectivity index (χ1) is 13.5. The summed E-state index contributed by atoms with van der Waals surface area (Å²) in [5.41, 5.74) is 2.28. The van der Waals surface area contributed by atoms with Crippen molar-refractivity contribution >= 4 is 17.6 Å². The molecule has 0 unspecified atom stereocenters. The molecule has 3 rings (SSSR count). The molecule has 2 heterocycles. The third-order valence-electron chi connectivity index (χ3n) is 5.27. The van der Waals surface area contributed by atoms with Gasteiger partial charge in [0, 0.05) is 58.8 Å². The molecule has 0 saturated carbocycles. The minimum atomic E-state index is -0.00368. The van der Waals surface area contributed by atoms with Crippen LogP contribution in [0.25, 0.3) is 0 Å². The molecule has 6 heteroatoms. The van der Waals surface area contributed by atoms with Crippen LogP contribution in [0, 0.1) is 6.92 Å². The highest BCUT2D eigenvalue weighted by Crippen LogP contribution is 2.14. The van der Waals surface area contributed by atoms with Crippen molar-refractivity contribution in [2.45, 2.75) is 26.8 Å². The molecule has 1 aromatic carbocycles. The molecule has 1 aliphatic heterocycles. The number of hydrogen-bond donors (Lipinski definition) is 0. The van der Waals surface area contributed by atoms with Gasteiger partial charge in [-0.2, -0.15) is 0 Å². The van der Waals surface area contributed by atoms with E-state index in [9.17, 15) is 9.59 Å². The van der Waals surface area contributed by atoms with Crippen molar-refractivity contribution in [3.05, 3.63) is 59.8 Å². The Balaban J connectivity index is 1.50. The van der Waals surface area contributed by atoms with Gasteiger partial charge in [0.1, 0.15) is 5.82 Å². The molecule has 28 heavy (non-hydrogen) atoms. The average molecular weight is 380 g/mol. The van der Waals surface area contributed by atoms with Gasteiger partial charge in [-0.15, -0.1) is 0 Å². The Hall–Kier alpha value is -2.89. The van der Waals surface area contributed by atoms with Crippen molar-refractivity contribution in [3.63, 3.8) is 0 Å². The van der Waals surface area contributed by atoms with Crippen molar-refractivity contribution in [3.8, 4) is 0 Å². The van der Waals surface area contributed by atoms with Gasteiger partial charge >= 0.3 is 0 Å². The molecule has 1 fully saturated rings. The number of hydrogen-bond acceptors (Lipinski definition) is 4.